The zero-order valence-electron chi connectivity index (χ0n) is 12.6. The second-order valence-electron chi connectivity index (χ2n) is 5.80. The smallest absolute Gasteiger partial charge is 0.327 e. The SMILES string of the molecule is CC(C)CCCC(C)NC(=O)N1CCSCC1C(=O)O. The van der Waals surface area contributed by atoms with Crippen LogP contribution in [0.25, 0.3) is 0 Å². The lowest BCUT2D eigenvalue weighted by atomic mass is 10.0. The first-order chi connectivity index (χ1) is 9.41. The van der Waals surface area contributed by atoms with Crippen LogP contribution >= 0.6 is 11.8 Å². The number of carbonyl (C=O) groups excluding carboxylic acids is 1. The van der Waals surface area contributed by atoms with Gasteiger partial charge < -0.3 is 15.3 Å². The van der Waals surface area contributed by atoms with Crippen molar-refractivity contribution in [1.82, 2.24) is 10.2 Å². The van der Waals surface area contributed by atoms with Gasteiger partial charge in [0.1, 0.15) is 6.04 Å². The number of nitrogens with one attached hydrogen (secondary N) is 1. The number of hydrogen-bond acceptors (Lipinski definition) is 3. The van der Waals surface area contributed by atoms with Crippen LogP contribution in [0.15, 0.2) is 0 Å². The summed E-state index contributed by atoms with van der Waals surface area (Å²) in [6, 6.07) is -0.850. The van der Waals surface area contributed by atoms with Crippen LogP contribution in [0.5, 0.6) is 0 Å². The van der Waals surface area contributed by atoms with Crippen molar-refractivity contribution in [2.45, 2.75) is 52.1 Å². The molecule has 2 unspecified atom stereocenters. The van der Waals surface area contributed by atoms with E-state index in [0.717, 1.165) is 25.0 Å². The first-order valence-corrected chi connectivity index (χ1v) is 8.45. The van der Waals surface area contributed by atoms with E-state index in [2.05, 4.69) is 19.2 Å². The van der Waals surface area contributed by atoms with Gasteiger partial charge in [-0.05, 0) is 19.3 Å². The molecule has 1 aliphatic heterocycles. The summed E-state index contributed by atoms with van der Waals surface area (Å²) in [5.41, 5.74) is 0. The Kier molecular flexibility index (Phi) is 7.19. The van der Waals surface area contributed by atoms with Crippen molar-refractivity contribution in [2.24, 2.45) is 5.92 Å². The van der Waals surface area contributed by atoms with Crippen molar-refractivity contribution in [3.8, 4) is 0 Å². The summed E-state index contributed by atoms with van der Waals surface area (Å²) in [6.07, 6.45) is 3.17. The van der Waals surface area contributed by atoms with E-state index in [4.69, 9.17) is 5.11 Å². The molecule has 0 spiro atoms. The van der Waals surface area contributed by atoms with Crippen molar-refractivity contribution in [3.63, 3.8) is 0 Å². The van der Waals surface area contributed by atoms with Gasteiger partial charge in [0.25, 0.3) is 0 Å². The molecule has 1 heterocycles. The zero-order chi connectivity index (χ0) is 15.1. The van der Waals surface area contributed by atoms with E-state index in [9.17, 15) is 9.59 Å². The molecule has 1 fully saturated rings. The van der Waals surface area contributed by atoms with Gasteiger partial charge in [0.15, 0.2) is 0 Å². The molecule has 0 aromatic carbocycles. The minimum atomic E-state index is -0.917. The van der Waals surface area contributed by atoms with Gasteiger partial charge in [-0.2, -0.15) is 11.8 Å². The third-order valence-corrected chi connectivity index (χ3v) is 4.49. The predicted molar refractivity (Wildman–Crippen MR) is 82.1 cm³/mol. The van der Waals surface area contributed by atoms with Gasteiger partial charge in [-0.15, -0.1) is 0 Å². The lowest BCUT2D eigenvalue weighted by Crippen LogP contribution is -2.55. The van der Waals surface area contributed by atoms with Crippen molar-refractivity contribution in [2.75, 3.05) is 18.1 Å². The third-order valence-electron chi connectivity index (χ3n) is 3.46. The maximum absolute atomic E-state index is 12.2. The van der Waals surface area contributed by atoms with Crippen molar-refractivity contribution < 1.29 is 14.7 Å². The molecule has 0 radical (unpaired) electrons. The fraction of sp³-hybridized carbons (Fsp3) is 0.857. The summed E-state index contributed by atoms with van der Waals surface area (Å²) >= 11 is 1.59. The second-order valence-corrected chi connectivity index (χ2v) is 6.95. The van der Waals surface area contributed by atoms with Crippen molar-refractivity contribution in [3.05, 3.63) is 0 Å². The van der Waals surface area contributed by atoms with E-state index in [-0.39, 0.29) is 12.1 Å². The molecule has 2 amide bonds. The number of thioether (sulfide) groups is 1. The molecule has 0 aromatic rings. The molecule has 0 aliphatic carbocycles. The van der Waals surface area contributed by atoms with Crippen LogP contribution in [0.3, 0.4) is 0 Å². The largest absolute Gasteiger partial charge is 0.480 e. The summed E-state index contributed by atoms with van der Waals surface area (Å²) in [4.78, 5) is 24.8. The topological polar surface area (TPSA) is 69.6 Å². The number of carboxylic acid groups (broad SMARTS) is 1. The van der Waals surface area contributed by atoms with Crippen LogP contribution in [0.4, 0.5) is 4.79 Å². The molecule has 1 rings (SSSR count). The monoisotopic (exact) mass is 302 g/mol. The van der Waals surface area contributed by atoms with E-state index >= 15 is 0 Å². The van der Waals surface area contributed by atoms with E-state index in [0.29, 0.717) is 18.2 Å². The minimum absolute atomic E-state index is 0.0882. The van der Waals surface area contributed by atoms with E-state index in [1.54, 1.807) is 11.8 Å². The number of amides is 2. The van der Waals surface area contributed by atoms with E-state index in [1.807, 2.05) is 6.92 Å². The Morgan fingerprint density at radius 1 is 1.35 bits per heavy atom. The molecule has 0 bridgehead atoms. The van der Waals surface area contributed by atoms with Crippen LogP contribution in [0.2, 0.25) is 0 Å². The molecule has 2 atom stereocenters. The minimum Gasteiger partial charge on any atom is -0.480 e. The highest BCUT2D eigenvalue weighted by atomic mass is 32.2. The fourth-order valence-corrected chi connectivity index (χ4v) is 3.29. The molecule has 0 aromatic heterocycles. The van der Waals surface area contributed by atoms with Crippen LogP contribution in [-0.4, -0.2) is 52.1 Å². The standard InChI is InChI=1S/C14H26N2O3S/c1-10(2)5-4-6-11(3)15-14(19)16-7-8-20-9-12(16)13(17)18/h10-12H,4-9H2,1-3H3,(H,15,19)(H,17,18). The highest BCUT2D eigenvalue weighted by molar-refractivity contribution is 7.99. The highest BCUT2D eigenvalue weighted by Crippen LogP contribution is 2.17. The van der Waals surface area contributed by atoms with Gasteiger partial charge in [0.05, 0.1) is 0 Å². The Balaban J connectivity index is 2.41. The first kappa shape index (κ1) is 17.1. The Morgan fingerprint density at radius 3 is 2.65 bits per heavy atom. The average molecular weight is 302 g/mol. The Hall–Kier alpha value is -0.910. The van der Waals surface area contributed by atoms with Crippen LogP contribution in [0.1, 0.15) is 40.0 Å². The molecule has 5 nitrogen and oxygen atoms in total. The van der Waals surface area contributed by atoms with Gasteiger partial charge in [-0.25, -0.2) is 9.59 Å². The van der Waals surface area contributed by atoms with Crippen LogP contribution < -0.4 is 5.32 Å². The summed E-state index contributed by atoms with van der Waals surface area (Å²) in [5, 5.41) is 12.1. The number of carboxylic acids is 1. The maximum atomic E-state index is 12.2. The van der Waals surface area contributed by atoms with Gasteiger partial charge in [-0.1, -0.05) is 26.7 Å². The first-order valence-electron chi connectivity index (χ1n) is 7.29. The van der Waals surface area contributed by atoms with Crippen molar-refractivity contribution >= 4 is 23.8 Å². The van der Waals surface area contributed by atoms with Gasteiger partial charge in [0, 0.05) is 24.1 Å². The Morgan fingerprint density at radius 2 is 2.05 bits per heavy atom. The molecule has 116 valence electrons. The number of aliphatic carboxylic acids is 1. The average Bonchev–Trinajstić information content (AvgIpc) is 2.38. The summed E-state index contributed by atoms with van der Waals surface area (Å²) in [5.74, 6) is 1.04. The Bertz CT molecular complexity index is 336. The zero-order valence-corrected chi connectivity index (χ0v) is 13.4. The fourth-order valence-electron chi connectivity index (χ4n) is 2.25. The predicted octanol–water partition coefficient (Wildman–Crippen LogP) is 2.41. The number of urea groups is 1. The normalized spacial score (nSPS) is 20.8. The molecular formula is C14H26N2O3S. The lowest BCUT2D eigenvalue weighted by Gasteiger charge is -2.33. The van der Waals surface area contributed by atoms with Gasteiger partial charge in [0.2, 0.25) is 0 Å². The maximum Gasteiger partial charge on any atom is 0.327 e. The molecule has 0 saturated carbocycles. The number of hydrogen-bond donors (Lipinski definition) is 2. The number of carbonyl (C=O) groups is 2. The summed E-state index contributed by atoms with van der Waals surface area (Å²) in [6.45, 7) is 6.86. The van der Waals surface area contributed by atoms with Gasteiger partial charge in [-0.3, -0.25) is 0 Å². The van der Waals surface area contributed by atoms with E-state index < -0.39 is 12.0 Å². The Labute approximate surface area is 125 Å². The van der Waals surface area contributed by atoms with Crippen LogP contribution in [-0.2, 0) is 4.79 Å². The molecule has 2 N–H and O–H groups in total. The van der Waals surface area contributed by atoms with Crippen molar-refractivity contribution in [1.29, 1.82) is 0 Å². The third kappa shape index (κ3) is 5.61. The highest BCUT2D eigenvalue weighted by Gasteiger charge is 2.32. The lowest BCUT2D eigenvalue weighted by molar-refractivity contribution is -0.141. The number of nitrogens with zero attached hydrogens (tertiary/aromatic N) is 1. The molecule has 20 heavy (non-hydrogen) atoms. The molecule has 1 saturated heterocycles. The van der Waals surface area contributed by atoms with Crippen LogP contribution in [0, 0.1) is 5.92 Å². The number of rotatable bonds is 6. The molecular weight excluding hydrogens is 276 g/mol. The van der Waals surface area contributed by atoms with E-state index in [1.165, 1.54) is 4.90 Å². The summed E-state index contributed by atoms with van der Waals surface area (Å²) < 4.78 is 0. The molecule has 1 aliphatic rings. The quantitative estimate of drug-likeness (QED) is 0.790. The van der Waals surface area contributed by atoms with Gasteiger partial charge >= 0.3 is 12.0 Å². The molecule has 6 heteroatoms. The summed E-state index contributed by atoms with van der Waals surface area (Å²) in [7, 11) is 0. The second kappa shape index (κ2) is 8.39.